The Morgan fingerprint density at radius 2 is 2.10 bits per heavy atom. The second-order valence-corrected chi connectivity index (χ2v) is 4.47. The topological polar surface area (TPSA) is 82.3 Å². The van der Waals surface area contributed by atoms with Crippen LogP contribution in [-0.2, 0) is 0 Å². The highest BCUT2D eigenvalue weighted by Gasteiger charge is 2.13. The number of halogens is 1. The van der Waals surface area contributed by atoms with Gasteiger partial charge in [-0.3, -0.25) is 4.79 Å². The molecule has 1 amide bonds. The van der Waals surface area contributed by atoms with E-state index in [9.17, 15) is 9.90 Å². The number of phenols is 1. The van der Waals surface area contributed by atoms with Crippen LogP contribution in [0.2, 0.25) is 5.02 Å². The number of carbonyl (C=O) groups excluding carboxylic acids is 1. The SMILES string of the molecule is N#CCOc1ccccc1NC(=O)c1cc(O)ccc1Cl. The lowest BCUT2D eigenvalue weighted by Gasteiger charge is -2.11. The Morgan fingerprint density at radius 3 is 2.86 bits per heavy atom. The number of aromatic hydroxyl groups is 1. The van der Waals surface area contributed by atoms with Gasteiger partial charge in [-0.25, -0.2) is 0 Å². The van der Waals surface area contributed by atoms with Crippen LogP contribution in [-0.4, -0.2) is 17.6 Å². The molecule has 0 saturated heterocycles. The van der Waals surface area contributed by atoms with Gasteiger partial charge in [-0.15, -0.1) is 0 Å². The second kappa shape index (κ2) is 6.64. The van der Waals surface area contributed by atoms with E-state index in [1.54, 1.807) is 24.3 Å². The highest BCUT2D eigenvalue weighted by Crippen LogP contribution is 2.26. The van der Waals surface area contributed by atoms with E-state index in [4.69, 9.17) is 21.6 Å². The maximum atomic E-state index is 12.2. The molecule has 0 aliphatic heterocycles. The van der Waals surface area contributed by atoms with Crippen molar-refractivity contribution in [1.29, 1.82) is 5.26 Å². The molecule has 2 aromatic carbocycles. The predicted octanol–water partition coefficient (Wildman–Crippen LogP) is 3.20. The Bertz CT molecular complexity index is 710. The van der Waals surface area contributed by atoms with Gasteiger partial charge in [-0.05, 0) is 30.3 Å². The summed E-state index contributed by atoms with van der Waals surface area (Å²) in [4.78, 5) is 12.2. The van der Waals surface area contributed by atoms with Gasteiger partial charge in [0, 0.05) is 0 Å². The first-order valence-electron chi connectivity index (χ1n) is 6.00. The molecule has 0 aliphatic carbocycles. The third kappa shape index (κ3) is 3.65. The fourth-order valence-electron chi connectivity index (χ4n) is 1.68. The molecule has 0 aromatic heterocycles. The number of hydrogen-bond donors (Lipinski definition) is 2. The summed E-state index contributed by atoms with van der Waals surface area (Å²) in [5.74, 6) is -0.161. The number of phenolic OH excluding ortho intramolecular Hbond substituents is 1. The summed E-state index contributed by atoms with van der Waals surface area (Å²) in [7, 11) is 0. The smallest absolute Gasteiger partial charge is 0.257 e. The van der Waals surface area contributed by atoms with E-state index < -0.39 is 5.91 Å². The van der Waals surface area contributed by atoms with Crippen molar-refractivity contribution in [2.75, 3.05) is 11.9 Å². The number of carbonyl (C=O) groups is 1. The molecule has 0 bridgehead atoms. The van der Waals surface area contributed by atoms with Crippen molar-refractivity contribution in [3.8, 4) is 17.6 Å². The van der Waals surface area contributed by atoms with Gasteiger partial charge in [0.1, 0.15) is 17.6 Å². The Morgan fingerprint density at radius 1 is 1.33 bits per heavy atom. The largest absolute Gasteiger partial charge is 0.508 e. The number of hydrogen-bond acceptors (Lipinski definition) is 4. The number of nitrogens with zero attached hydrogens (tertiary/aromatic N) is 1. The monoisotopic (exact) mass is 302 g/mol. The van der Waals surface area contributed by atoms with E-state index in [-0.39, 0.29) is 22.9 Å². The highest BCUT2D eigenvalue weighted by atomic mass is 35.5. The summed E-state index contributed by atoms with van der Waals surface area (Å²) in [5.41, 5.74) is 0.559. The molecule has 5 nitrogen and oxygen atoms in total. The summed E-state index contributed by atoms with van der Waals surface area (Å²) in [6, 6.07) is 12.7. The molecular weight excluding hydrogens is 292 g/mol. The molecule has 0 radical (unpaired) electrons. The normalized spacial score (nSPS) is 9.71. The van der Waals surface area contributed by atoms with Gasteiger partial charge in [0.15, 0.2) is 6.61 Å². The number of nitriles is 1. The van der Waals surface area contributed by atoms with Crippen molar-refractivity contribution in [1.82, 2.24) is 0 Å². The van der Waals surface area contributed by atoms with E-state index in [2.05, 4.69) is 5.32 Å². The number of nitrogens with one attached hydrogen (secondary N) is 1. The van der Waals surface area contributed by atoms with Crippen LogP contribution in [0.25, 0.3) is 0 Å². The van der Waals surface area contributed by atoms with Crippen LogP contribution in [0.3, 0.4) is 0 Å². The van der Waals surface area contributed by atoms with E-state index in [0.29, 0.717) is 11.4 Å². The predicted molar refractivity (Wildman–Crippen MR) is 78.6 cm³/mol. The average Bonchev–Trinajstić information content (AvgIpc) is 2.48. The fraction of sp³-hybridized carbons (Fsp3) is 0.0667. The first kappa shape index (κ1) is 14.7. The maximum Gasteiger partial charge on any atom is 0.257 e. The molecule has 0 atom stereocenters. The van der Waals surface area contributed by atoms with E-state index in [1.165, 1.54) is 18.2 Å². The highest BCUT2D eigenvalue weighted by molar-refractivity contribution is 6.34. The zero-order chi connectivity index (χ0) is 15.2. The van der Waals surface area contributed by atoms with Crippen LogP contribution in [0, 0.1) is 11.3 Å². The molecular formula is C15H11ClN2O3. The minimum Gasteiger partial charge on any atom is -0.508 e. The van der Waals surface area contributed by atoms with Crippen molar-refractivity contribution < 1.29 is 14.6 Å². The summed E-state index contributed by atoms with van der Waals surface area (Å²) < 4.78 is 5.22. The minimum atomic E-state index is -0.482. The van der Waals surface area contributed by atoms with Gasteiger partial charge in [-0.2, -0.15) is 5.26 Å². The summed E-state index contributed by atoms with van der Waals surface area (Å²) >= 11 is 5.93. The summed E-state index contributed by atoms with van der Waals surface area (Å²) in [6.07, 6.45) is 0. The molecule has 0 spiro atoms. The van der Waals surface area contributed by atoms with Crippen LogP contribution in [0.5, 0.6) is 11.5 Å². The maximum absolute atomic E-state index is 12.2. The van der Waals surface area contributed by atoms with Crippen molar-refractivity contribution >= 4 is 23.2 Å². The fourth-order valence-corrected chi connectivity index (χ4v) is 1.89. The van der Waals surface area contributed by atoms with Gasteiger partial charge in [0.2, 0.25) is 0 Å². The number of rotatable bonds is 4. The molecule has 6 heteroatoms. The molecule has 0 heterocycles. The summed E-state index contributed by atoms with van der Waals surface area (Å²) in [5, 5.41) is 20.8. The van der Waals surface area contributed by atoms with Crippen LogP contribution in [0.15, 0.2) is 42.5 Å². The zero-order valence-electron chi connectivity index (χ0n) is 10.8. The number of benzene rings is 2. The van der Waals surface area contributed by atoms with Crippen LogP contribution in [0.4, 0.5) is 5.69 Å². The standard InChI is InChI=1S/C15H11ClN2O3/c16-12-6-5-10(19)9-11(12)15(20)18-13-3-1-2-4-14(13)21-8-7-17/h1-6,9,19H,8H2,(H,18,20). The Hall–Kier alpha value is -2.71. The third-order valence-corrected chi connectivity index (χ3v) is 2.95. The lowest BCUT2D eigenvalue weighted by Crippen LogP contribution is -2.13. The molecule has 0 aliphatic rings. The molecule has 106 valence electrons. The zero-order valence-corrected chi connectivity index (χ0v) is 11.6. The van der Waals surface area contributed by atoms with Gasteiger partial charge < -0.3 is 15.2 Å². The first-order chi connectivity index (χ1) is 10.1. The van der Waals surface area contributed by atoms with Gasteiger partial charge in [0.25, 0.3) is 5.91 Å². The van der Waals surface area contributed by atoms with Crippen molar-refractivity contribution in [2.45, 2.75) is 0 Å². The quantitative estimate of drug-likeness (QED) is 0.908. The Balaban J connectivity index is 2.24. The molecule has 2 rings (SSSR count). The Labute approximate surface area is 126 Å². The van der Waals surface area contributed by atoms with Crippen molar-refractivity contribution in [3.63, 3.8) is 0 Å². The van der Waals surface area contributed by atoms with Crippen LogP contribution >= 0.6 is 11.6 Å². The van der Waals surface area contributed by atoms with Crippen LogP contribution in [0.1, 0.15) is 10.4 Å². The average molecular weight is 303 g/mol. The second-order valence-electron chi connectivity index (χ2n) is 4.06. The molecule has 21 heavy (non-hydrogen) atoms. The number of amides is 1. The number of para-hydroxylation sites is 2. The number of anilines is 1. The van der Waals surface area contributed by atoms with Crippen molar-refractivity contribution in [3.05, 3.63) is 53.1 Å². The molecule has 2 aromatic rings. The van der Waals surface area contributed by atoms with Gasteiger partial charge in [-0.1, -0.05) is 23.7 Å². The molecule has 0 fully saturated rings. The van der Waals surface area contributed by atoms with Crippen LogP contribution < -0.4 is 10.1 Å². The first-order valence-corrected chi connectivity index (χ1v) is 6.38. The van der Waals surface area contributed by atoms with Crippen molar-refractivity contribution in [2.24, 2.45) is 0 Å². The van der Waals surface area contributed by atoms with E-state index in [0.717, 1.165) is 0 Å². The lowest BCUT2D eigenvalue weighted by atomic mass is 10.2. The Kier molecular flexibility index (Phi) is 4.64. The minimum absolute atomic E-state index is 0.0569. The number of ether oxygens (including phenoxy) is 1. The molecule has 2 N–H and O–H groups in total. The molecule has 0 unspecified atom stereocenters. The summed E-state index contributed by atoms with van der Waals surface area (Å²) in [6.45, 7) is -0.125. The van der Waals surface area contributed by atoms with Gasteiger partial charge >= 0.3 is 0 Å². The third-order valence-electron chi connectivity index (χ3n) is 2.62. The van der Waals surface area contributed by atoms with Gasteiger partial charge in [0.05, 0.1) is 16.3 Å². The van der Waals surface area contributed by atoms with E-state index >= 15 is 0 Å². The van der Waals surface area contributed by atoms with E-state index in [1.807, 2.05) is 6.07 Å². The lowest BCUT2D eigenvalue weighted by molar-refractivity contribution is 0.102. The molecule has 0 saturated carbocycles.